The van der Waals surface area contributed by atoms with Crippen LogP contribution in [0.4, 0.5) is 0 Å². The Bertz CT molecular complexity index is 1070. The first kappa shape index (κ1) is 22.9. The predicted molar refractivity (Wildman–Crippen MR) is 121 cm³/mol. The summed E-state index contributed by atoms with van der Waals surface area (Å²) in [5.74, 6) is 0. The number of hydrogen-bond donors (Lipinski definition) is 4. The van der Waals surface area contributed by atoms with Gasteiger partial charge in [0.1, 0.15) is 24.4 Å². The summed E-state index contributed by atoms with van der Waals surface area (Å²) in [6.45, 7) is 1.58. The largest absolute Gasteiger partial charge is 0.394 e. The minimum absolute atomic E-state index is 0.393. The molecule has 9 heteroatoms. The Kier molecular flexibility index (Phi) is 6.86. The first-order valence-corrected chi connectivity index (χ1v) is 11.5. The summed E-state index contributed by atoms with van der Waals surface area (Å²) in [6.07, 6.45) is -3.78. The first-order valence-electron chi connectivity index (χ1n) is 9.91. The van der Waals surface area contributed by atoms with Crippen molar-refractivity contribution in [3.63, 3.8) is 0 Å². The molecule has 2 heterocycles. The Morgan fingerprint density at radius 2 is 1.65 bits per heavy atom. The van der Waals surface area contributed by atoms with E-state index in [0.717, 1.165) is 16.2 Å². The number of benzene rings is 2. The summed E-state index contributed by atoms with van der Waals surface area (Å²) in [6, 6.07) is 11.5. The first-order chi connectivity index (χ1) is 14.8. The molecule has 31 heavy (non-hydrogen) atoms. The van der Waals surface area contributed by atoms with Crippen molar-refractivity contribution in [2.24, 2.45) is 0 Å². The second-order valence-corrected chi connectivity index (χ2v) is 9.40. The Labute approximate surface area is 194 Å². The van der Waals surface area contributed by atoms with Crippen LogP contribution < -0.4 is 0 Å². The van der Waals surface area contributed by atoms with Gasteiger partial charge in [-0.15, -0.1) is 0 Å². The van der Waals surface area contributed by atoms with Crippen LogP contribution in [0.25, 0.3) is 10.9 Å². The second-order valence-electron chi connectivity index (χ2n) is 7.47. The second kappa shape index (κ2) is 9.29. The lowest BCUT2D eigenvalue weighted by molar-refractivity contribution is -0.250. The zero-order valence-electron chi connectivity index (χ0n) is 16.7. The molecule has 0 aliphatic carbocycles. The Morgan fingerprint density at radius 1 is 0.968 bits per heavy atom. The summed E-state index contributed by atoms with van der Waals surface area (Å²) in [5.41, 5.74) is 1.76. The van der Waals surface area contributed by atoms with Crippen LogP contribution in [0.3, 0.4) is 0 Å². The van der Waals surface area contributed by atoms with Crippen molar-refractivity contribution in [1.29, 1.82) is 0 Å². The fourth-order valence-corrected chi connectivity index (χ4v) is 5.36. The molecule has 0 saturated carbocycles. The van der Waals surface area contributed by atoms with Crippen LogP contribution in [-0.4, -0.2) is 56.0 Å². The van der Waals surface area contributed by atoms with E-state index in [1.807, 2.05) is 12.1 Å². The van der Waals surface area contributed by atoms with Crippen LogP contribution in [0.2, 0.25) is 10.0 Å². The van der Waals surface area contributed by atoms with E-state index >= 15 is 0 Å². The van der Waals surface area contributed by atoms with Gasteiger partial charge in [0.25, 0.3) is 0 Å². The van der Waals surface area contributed by atoms with Crippen LogP contribution in [0, 0.1) is 0 Å². The molecular weight excluding hydrogens is 461 g/mol. The standard InChI is InChI=1S/C22H23Cl2NO5S/c1-2-11-3-5-12(6-4-11)31-16-9-25(18-14(24)8-7-13(23)17(16)18)22-21(29)20(28)19(27)15(10-26)30-22/h3-9,15,19-22,26-29H,2,10H2,1H3/t15-,19-,20+,21-,22-/m1/s1. The highest BCUT2D eigenvalue weighted by molar-refractivity contribution is 7.99. The van der Waals surface area contributed by atoms with Crippen LogP contribution in [0.1, 0.15) is 18.7 Å². The maximum Gasteiger partial charge on any atom is 0.163 e. The quantitative estimate of drug-likeness (QED) is 0.442. The van der Waals surface area contributed by atoms with Gasteiger partial charge in [-0.25, -0.2) is 0 Å². The van der Waals surface area contributed by atoms with Gasteiger partial charge in [-0.3, -0.25) is 0 Å². The molecule has 1 fully saturated rings. The van der Waals surface area contributed by atoms with Crippen molar-refractivity contribution in [2.45, 2.75) is 53.8 Å². The number of aliphatic hydroxyl groups excluding tert-OH is 4. The van der Waals surface area contributed by atoms with Crippen molar-refractivity contribution in [3.05, 3.63) is 58.2 Å². The number of nitrogens with zero attached hydrogens (tertiary/aromatic N) is 1. The van der Waals surface area contributed by atoms with Crippen LogP contribution in [0.5, 0.6) is 0 Å². The number of aromatic nitrogens is 1. The Balaban J connectivity index is 1.81. The predicted octanol–water partition coefficient (Wildman–Crippen LogP) is 3.63. The van der Waals surface area contributed by atoms with Gasteiger partial charge >= 0.3 is 0 Å². The molecule has 4 N–H and O–H groups in total. The minimum atomic E-state index is -1.50. The number of ether oxygens (including phenoxy) is 1. The van der Waals surface area contributed by atoms with E-state index in [2.05, 4.69) is 19.1 Å². The number of fused-ring (bicyclic) bond motifs is 1. The van der Waals surface area contributed by atoms with E-state index in [-0.39, 0.29) is 0 Å². The van der Waals surface area contributed by atoms with Gasteiger partial charge in [0.2, 0.25) is 0 Å². The van der Waals surface area contributed by atoms with Gasteiger partial charge in [0.15, 0.2) is 6.23 Å². The van der Waals surface area contributed by atoms with E-state index in [9.17, 15) is 20.4 Å². The topological polar surface area (TPSA) is 95.1 Å². The van der Waals surface area contributed by atoms with E-state index < -0.39 is 37.3 Å². The monoisotopic (exact) mass is 483 g/mol. The number of hydrogen-bond acceptors (Lipinski definition) is 6. The number of rotatable bonds is 5. The molecule has 0 unspecified atom stereocenters. The molecular formula is C22H23Cl2NO5S. The zero-order valence-corrected chi connectivity index (χ0v) is 19.0. The SMILES string of the molecule is CCc1ccc(Sc2cn([C@@H]3O[C@H](CO)[C@@H](O)[C@H](O)[C@H]3O)c3c(Cl)ccc(Cl)c23)cc1. The summed E-state index contributed by atoms with van der Waals surface area (Å²) < 4.78 is 7.36. The normalized spacial score (nSPS) is 26.5. The highest BCUT2D eigenvalue weighted by Crippen LogP contribution is 2.44. The van der Waals surface area contributed by atoms with Crippen molar-refractivity contribution >= 4 is 45.9 Å². The molecule has 1 aliphatic heterocycles. The summed E-state index contributed by atoms with van der Waals surface area (Å²) >= 11 is 14.5. The molecule has 4 rings (SSSR count). The van der Waals surface area contributed by atoms with Crippen molar-refractivity contribution in [3.8, 4) is 0 Å². The lowest BCUT2D eigenvalue weighted by Crippen LogP contribution is -2.56. The van der Waals surface area contributed by atoms with E-state index in [1.165, 1.54) is 17.3 Å². The molecule has 0 bridgehead atoms. The molecule has 2 aromatic carbocycles. The number of halogens is 2. The molecule has 1 aromatic heterocycles. The van der Waals surface area contributed by atoms with Crippen LogP contribution in [-0.2, 0) is 11.2 Å². The third-order valence-electron chi connectivity index (χ3n) is 5.54. The summed E-state index contributed by atoms with van der Waals surface area (Å²) in [7, 11) is 0. The lowest BCUT2D eigenvalue weighted by atomic mass is 9.98. The third-order valence-corrected chi connectivity index (χ3v) is 7.20. The zero-order chi connectivity index (χ0) is 22.3. The minimum Gasteiger partial charge on any atom is -0.394 e. The maximum absolute atomic E-state index is 10.6. The molecule has 6 nitrogen and oxygen atoms in total. The number of aliphatic hydroxyl groups is 4. The van der Waals surface area contributed by atoms with Gasteiger partial charge in [-0.1, -0.05) is 54.0 Å². The average molecular weight is 484 g/mol. The van der Waals surface area contributed by atoms with Crippen LogP contribution >= 0.6 is 35.0 Å². The molecule has 3 aromatic rings. The molecule has 1 saturated heterocycles. The smallest absolute Gasteiger partial charge is 0.163 e. The number of aryl methyl sites for hydroxylation is 1. The Morgan fingerprint density at radius 3 is 2.29 bits per heavy atom. The summed E-state index contributed by atoms with van der Waals surface area (Å²) in [5, 5.41) is 42.1. The van der Waals surface area contributed by atoms with Crippen molar-refractivity contribution < 1.29 is 25.2 Å². The highest BCUT2D eigenvalue weighted by atomic mass is 35.5. The molecule has 0 amide bonds. The Hall–Kier alpha value is -1.29. The maximum atomic E-state index is 10.6. The molecule has 166 valence electrons. The van der Waals surface area contributed by atoms with Gasteiger partial charge in [-0.2, -0.15) is 0 Å². The van der Waals surface area contributed by atoms with Gasteiger partial charge < -0.3 is 29.7 Å². The lowest BCUT2D eigenvalue weighted by Gasteiger charge is -2.40. The fraction of sp³-hybridized carbons (Fsp3) is 0.364. The van der Waals surface area contributed by atoms with Crippen LogP contribution in [0.15, 0.2) is 52.4 Å². The average Bonchev–Trinajstić information content (AvgIpc) is 3.15. The molecule has 0 spiro atoms. The fourth-order valence-electron chi connectivity index (χ4n) is 3.79. The van der Waals surface area contributed by atoms with Gasteiger partial charge in [0.05, 0.1) is 22.2 Å². The summed E-state index contributed by atoms with van der Waals surface area (Å²) in [4.78, 5) is 1.80. The highest BCUT2D eigenvalue weighted by Gasteiger charge is 2.44. The van der Waals surface area contributed by atoms with Gasteiger partial charge in [-0.05, 0) is 36.2 Å². The van der Waals surface area contributed by atoms with Crippen molar-refractivity contribution in [2.75, 3.05) is 6.61 Å². The molecule has 0 radical (unpaired) electrons. The third kappa shape index (κ3) is 4.21. The molecule has 5 atom stereocenters. The van der Waals surface area contributed by atoms with E-state index in [0.29, 0.717) is 20.9 Å². The van der Waals surface area contributed by atoms with E-state index in [4.69, 9.17) is 27.9 Å². The molecule has 1 aliphatic rings. The van der Waals surface area contributed by atoms with Gasteiger partial charge in [0, 0.05) is 21.4 Å². The van der Waals surface area contributed by atoms with E-state index in [1.54, 1.807) is 22.9 Å². The van der Waals surface area contributed by atoms with Crippen molar-refractivity contribution in [1.82, 2.24) is 4.57 Å².